The molecule has 0 saturated carbocycles. The van der Waals surface area contributed by atoms with Crippen molar-refractivity contribution in [1.82, 2.24) is 0 Å². The topological polar surface area (TPSA) is 19.4 Å². The number of hydrogen-bond donors (Lipinski definition) is 0. The van der Waals surface area contributed by atoms with Crippen LogP contribution in [0.4, 0.5) is 0 Å². The highest BCUT2D eigenvalue weighted by atomic mass is 14.9. The molecule has 5 aromatic carbocycles. The zero-order valence-electron chi connectivity index (χ0n) is 56.8. The second-order valence-corrected chi connectivity index (χ2v) is 26.1. The lowest BCUT2D eigenvalue weighted by Gasteiger charge is -2.17. The molecule has 5 nitrogen and oxygen atoms in total. The van der Waals surface area contributed by atoms with Crippen LogP contribution in [0, 0.1) is 46.0 Å². The Kier molecular flexibility index (Phi) is 25.0. The number of nitrogens with zero attached hydrogens (tertiary/aromatic N) is 5. The standard InChI is InChI=1S/C18H24N.C17H22N.2C16H20N.C15H18N/c1-14-8-6-7-9-16(14)17-11-10-15(13-19(17)5)12-18(2,3)4;1-13(2)11-15-9-10-17(18(4)12-15)16-8-6-5-7-14(16)3;1-12(2)14-9-10-17(4)16(11-14)15-8-6-5-7-13(15)3;1-12(2)14-9-10-16(17(4)11-14)15-8-6-5-7-13(15)3;1-4-13-9-10-16(3)15(11-13)14-8-6-5-7-12(14)2/h6-11,13H,12H2,1-5H3;5-10,12-13H,11H2,1-4H3;2*5-12H,1-4H3;5-11H,4H2,1-3H3/q5*+1. The molecule has 0 aliphatic rings. The van der Waals surface area contributed by atoms with Gasteiger partial charge < -0.3 is 0 Å². The molecule has 0 saturated heterocycles. The fourth-order valence-electron chi connectivity index (χ4n) is 11.1. The Hall–Kier alpha value is -8.15. The van der Waals surface area contributed by atoms with Crippen molar-refractivity contribution in [3.63, 3.8) is 0 Å². The normalized spacial score (nSPS) is 11.0. The molecule has 0 bridgehead atoms. The van der Waals surface area contributed by atoms with E-state index in [0.717, 1.165) is 19.3 Å². The summed E-state index contributed by atoms with van der Waals surface area (Å²) in [4.78, 5) is 0. The second-order valence-electron chi connectivity index (χ2n) is 26.1. The lowest BCUT2D eigenvalue weighted by molar-refractivity contribution is -0.661. The minimum absolute atomic E-state index is 0.331. The van der Waals surface area contributed by atoms with Gasteiger partial charge in [0.25, 0.3) is 0 Å². The van der Waals surface area contributed by atoms with Crippen molar-refractivity contribution in [2.45, 2.75) is 135 Å². The van der Waals surface area contributed by atoms with E-state index in [4.69, 9.17) is 0 Å². The van der Waals surface area contributed by atoms with Crippen molar-refractivity contribution in [3.8, 4) is 56.3 Å². The van der Waals surface area contributed by atoms with Crippen molar-refractivity contribution < 1.29 is 22.8 Å². The van der Waals surface area contributed by atoms with Gasteiger partial charge in [-0.05, 0) is 165 Å². The van der Waals surface area contributed by atoms with Crippen LogP contribution in [0.15, 0.2) is 213 Å². The van der Waals surface area contributed by atoms with E-state index in [1.807, 2.05) is 0 Å². The predicted octanol–water partition coefficient (Wildman–Crippen LogP) is 18.0. The third kappa shape index (κ3) is 19.7. The highest BCUT2D eigenvalue weighted by molar-refractivity contribution is 5.64. The van der Waals surface area contributed by atoms with Gasteiger partial charge in [0.2, 0.25) is 28.5 Å². The molecule has 10 rings (SSSR count). The highest BCUT2D eigenvalue weighted by Gasteiger charge is 2.19. The maximum atomic E-state index is 2.30. The average Bonchev–Trinajstić information content (AvgIpc) is 2.70. The average molecular weight is 1160 g/mol. The molecule has 0 aliphatic heterocycles. The van der Waals surface area contributed by atoms with E-state index in [-0.39, 0.29) is 0 Å². The Morgan fingerprint density at radius 3 is 1.03 bits per heavy atom. The lowest BCUT2D eigenvalue weighted by atomic mass is 9.88. The molecule has 0 radical (unpaired) electrons. The van der Waals surface area contributed by atoms with Gasteiger partial charge >= 0.3 is 0 Å². The van der Waals surface area contributed by atoms with Gasteiger partial charge in [0.05, 0.1) is 0 Å². The van der Waals surface area contributed by atoms with Crippen molar-refractivity contribution in [2.75, 3.05) is 0 Å². The van der Waals surface area contributed by atoms with Crippen LogP contribution in [0.2, 0.25) is 0 Å². The van der Waals surface area contributed by atoms with E-state index in [1.54, 1.807) is 0 Å². The summed E-state index contributed by atoms with van der Waals surface area (Å²) in [6.07, 6.45) is 14.4. The fourth-order valence-corrected chi connectivity index (χ4v) is 11.1. The Morgan fingerprint density at radius 1 is 0.333 bits per heavy atom. The maximum Gasteiger partial charge on any atom is 0.212 e. The van der Waals surface area contributed by atoms with E-state index < -0.39 is 0 Å². The molecule has 452 valence electrons. The van der Waals surface area contributed by atoms with Crippen LogP contribution in [0.3, 0.4) is 0 Å². The summed E-state index contributed by atoms with van der Waals surface area (Å²) in [5, 5.41) is 0. The summed E-state index contributed by atoms with van der Waals surface area (Å²) in [6.45, 7) is 33.3. The van der Waals surface area contributed by atoms with E-state index >= 15 is 0 Å². The third-order valence-corrected chi connectivity index (χ3v) is 16.2. The van der Waals surface area contributed by atoms with E-state index in [2.05, 4.69) is 375 Å². The SMILES string of the molecule is CCc1cc[n+](C)c(-c2ccccc2C)c1.Cc1ccccc1-c1cc(C(C)C)cc[n+]1C.Cc1ccccc1-c1ccc(C(C)C)c[n+]1C.Cc1ccccc1-c1ccc(CC(C)(C)C)c[n+]1C.Cc1ccccc1-c1ccc(CC(C)C)c[n+]1C. The molecule has 0 amide bonds. The summed E-state index contributed by atoms with van der Waals surface area (Å²) in [5.41, 5.74) is 26.9. The quantitative estimate of drug-likeness (QED) is 0.115. The van der Waals surface area contributed by atoms with Gasteiger partial charge in [-0.25, -0.2) is 22.8 Å². The first-order valence-corrected chi connectivity index (χ1v) is 31.6. The van der Waals surface area contributed by atoms with Crippen LogP contribution in [0.25, 0.3) is 56.3 Å². The largest absolute Gasteiger partial charge is 0.212 e. The highest BCUT2D eigenvalue weighted by Crippen LogP contribution is 2.27. The Labute approximate surface area is 526 Å². The third-order valence-electron chi connectivity index (χ3n) is 16.2. The first kappa shape index (κ1) is 68.0. The molecular formula is C82H104N5+5. The van der Waals surface area contributed by atoms with Crippen molar-refractivity contribution in [1.29, 1.82) is 0 Å². The number of rotatable bonds is 11. The van der Waals surface area contributed by atoms with Crippen LogP contribution >= 0.6 is 0 Å². The zero-order valence-corrected chi connectivity index (χ0v) is 56.8. The Balaban J connectivity index is 0.000000174. The number of aromatic nitrogens is 5. The van der Waals surface area contributed by atoms with Crippen molar-refractivity contribution >= 4 is 0 Å². The first-order valence-electron chi connectivity index (χ1n) is 31.6. The van der Waals surface area contributed by atoms with Gasteiger partial charge in [-0.3, -0.25) is 0 Å². The summed E-state index contributed by atoms with van der Waals surface area (Å²) in [5.74, 6) is 1.85. The fraction of sp³-hybridized carbons (Fsp3) is 0.329. The van der Waals surface area contributed by atoms with Crippen molar-refractivity contribution in [3.05, 3.63) is 269 Å². The van der Waals surface area contributed by atoms with E-state index in [9.17, 15) is 0 Å². The monoisotopic (exact) mass is 1160 g/mol. The van der Waals surface area contributed by atoms with Gasteiger partial charge in [0.1, 0.15) is 35.2 Å². The number of pyridine rings is 5. The summed E-state index contributed by atoms with van der Waals surface area (Å²) in [7, 11) is 10.6. The summed E-state index contributed by atoms with van der Waals surface area (Å²) >= 11 is 0. The lowest BCUT2D eigenvalue weighted by Crippen LogP contribution is -2.32. The zero-order chi connectivity index (χ0) is 63.5. The van der Waals surface area contributed by atoms with Crippen LogP contribution in [-0.2, 0) is 54.5 Å². The van der Waals surface area contributed by atoms with Gasteiger partial charge in [0.15, 0.2) is 31.0 Å². The molecule has 0 N–H and O–H groups in total. The molecule has 5 aromatic heterocycles. The van der Waals surface area contributed by atoms with Crippen molar-refractivity contribution in [2.24, 2.45) is 46.6 Å². The smallest absolute Gasteiger partial charge is 0.201 e. The second kappa shape index (κ2) is 32.0. The van der Waals surface area contributed by atoms with Gasteiger partial charge in [-0.1, -0.05) is 160 Å². The first-order chi connectivity index (χ1) is 41.3. The summed E-state index contributed by atoms with van der Waals surface area (Å²) in [6, 6.07) is 65.1. The van der Waals surface area contributed by atoms with Crippen LogP contribution < -0.4 is 22.8 Å². The number of benzene rings is 5. The van der Waals surface area contributed by atoms with Crippen LogP contribution in [0.1, 0.15) is 137 Å². The molecule has 10 aromatic rings. The molecule has 5 heteroatoms. The summed E-state index contributed by atoms with van der Waals surface area (Å²) < 4.78 is 11.1. The van der Waals surface area contributed by atoms with Gasteiger partial charge in [-0.15, -0.1) is 0 Å². The minimum atomic E-state index is 0.331. The molecule has 0 fully saturated rings. The predicted molar refractivity (Wildman–Crippen MR) is 368 cm³/mol. The maximum absolute atomic E-state index is 2.30. The van der Waals surface area contributed by atoms with E-state index in [0.29, 0.717) is 23.2 Å². The Morgan fingerprint density at radius 2 is 0.678 bits per heavy atom. The molecular weight excluding hydrogens is 1050 g/mol. The molecule has 0 unspecified atom stereocenters. The minimum Gasteiger partial charge on any atom is -0.201 e. The van der Waals surface area contributed by atoms with Gasteiger partial charge in [-0.2, -0.15) is 0 Å². The number of hydrogen-bond acceptors (Lipinski definition) is 0. The molecule has 0 aliphatic carbocycles. The molecule has 0 atom stereocenters. The number of aryl methyl sites for hydroxylation is 11. The van der Waals surface area contributed by atoms with Gasteiger partial charge in [0, 0.05) is 87.0 Å². The van der Waals surface area contributed by atoms with E-state index in [1.165, 1.54) is 112 Å². The molecule has 0 spiro atoms. The Bertz CT molecular complexity index is 3830. The van der Waals surface area contributed by atoms with Crippen LogP contribution in [-0.4, -0.2) is 0 Å². The molecule has 5 heterocycles. The van der Waals surface area contributed by atoms with Crippen LogP contribution in [0.5, 0.6) is 0 Å². The molecule has 87 heavy (non-hydrogen) atoms.